The van der Waals surface area contributed by atoms with Crippen LogP contribution in [-0.4, -0.2) is 37.6 Å². The Morgan fingerprint density at radius 3 is 2.70 bits per heavy atom. The van der Waals surface area contributed by atoms with Crippen LogP contribution in [0.25, 0.3) is 0 Å². The summed E-state index contributed by atoms with van der Waals surface area (Å²) in [5, 5.41) is 3.07. The molecule has 1 atom stereocenters. The molecule has 0 bridgehead atoms. The highest BCUT2D eigenvalue weighted by Gasteiger charge is 2.26. The number of furan rings is 1. The summed E-state index contributed by atoms with van der Waals surface area (Å²) in [7, 11) is 1.61. The summed E-state index contributed by atoms with van der Waals surface area (Å²) in [6, 6.07) is 12.1. The maximum absolute atomic E-state index is 12.6. The number of piperidine rings is 1. The number of rotatable bonds is 7. The number of hydrogen-bond donors (Lipinski definition) is 1. The second-order valence-corrected chi connectivity index (χ2v) is 7.50. The maximum atomic E-state index is 12.6. The van der Waals surface area contributed by atoms with Crippen molar-refractivity contribution in [1.29, 1.82) is 0 Å². The van der Waals surface area contributed by atoms with Crippen molar-refractivity contribution in [3.05, 3.63) is 59.0 Å². The molecule has 0 saturated carbocycles. The summed E-state index contributed by atoms with van der Waals surface area (Å²) in [6.07, 6.45) is 2.41. The van der Waals surface area contributed by atoms with Gasteiger partial charge in [0.05, 0.1) is 6.04 Å². The van der Waals surface area contributed by atoms with Crippen molar-refractivity contribution in [2.24, 2.45) is 5.92 Å². The van der Waals surface area contributed by atoms with Crippen LogP contribution in [0.4, 0.5) is 0 Å². The first-order chi connectivity index (χ1) is 13.1. The lowest BCUT2D eigenvalue weighted by Gasteiger charge is -2.37. The number of hydrogen-bond acceptors (Lipinski definition) is 4. The van der Waals surface area contributed by atoms with E-state index in [0.717, 1.165) is 19.0 Å². The molecule has 0 spiro atoms. The Balaban J connectivity index is 1.71. The van der Waals surface area contributed by atoms with E-state index in [1.54, 1.807) is 19.2 Å². The standard InChI is InChI=1S/C22H30N2O3/c1-16-10-12-24(13-11-16)20(19-7-5-4-6-17(19)2)14-23-22(25)21-9-8-18(27-21)15-26-3/h4-9,16,20H,10-15H2,1-3H3,(H,23,25)/t20-/m1/s1. The summed E-state index contributed by atoms with van der Waals surface area (Å²) >= 11 is 0. The Kier molecular flexibility index (Phi) is 6.69. The molecule has 1 aromatic heterocycles. The summed E-state index contributed by atoms with van der Waals surface area (Å²) < 4.78 is 10.6. The van der Waals surface area contributed by atoms with Crippen LogP contribution in [0.3, 0.4) is 0 Å². The van der Waals surface area contributed by atoms with Gasteiger partial charge in [-0.15, -0.1) is 0 Å². The molecule has 1 aliphatic heterocycles. The monoisotopic (exact) mass is 370 g/mol. The van der Waals surface area contributed by atoms with Crippen molar-refractivity contribution in [2.75, 3.05) is 26.7 Å². The number of carbonyl (C=O) groups is 1. The minimum Gasteiger partial charge on any atom is -0.453 e. The summed E-state index contributed by atoms with van der Waals surface area (Å²) in [5.41, 5.74) is 2.54. The van der Waals surface area contributed by atoms with Crippen LogP contribution in [0.2, 0.25) is 0 Å². The zero-order chi connectivity index (χ0) is 19.2. The van der Waals surface area contributed by atoms with Crippen molar-refractivity contribution >= 4 is 5.91 Å². The molecule has 1 saturated heterocycles. The number of ether oxygens (including phenoxy) is 1. The van der Waals surface area contributed by atoms with Crippen molar-refractivity contribution in [3.8, 4) is 0 Å². The SMILES string of the molecule is COCc1ccc(C(=O)NC[C@H](c2ccccc2C)N2CCC(C)CC2)o1. The van der Waals surface area contributed by atoms with Crippen LogP contribution in [0.5, 0.6) is 0 Å². The zero-order valence-corrected chi connectivity index (χ0v) is 16.5. The average Bonchev–Trinajstić information content (AvgIpc) is 3.13. The molecule has 1 amide bonds. The van der Waals surface area contributed by atoms with Crippen LogP contribution in [-0.2, 0) is 11.3 Å². The maximum Gasteiger partial charge on any atom is 0.287 e. The molecular weight excluding hydrogens is 340 g/mol. The van der Waals surface area contributed by atoms with Gasteiger partial charge in [0.2, 0.25) is 0 Å². The number of carbonyl (C=O) groups excluding carboxylic acids is 1. The summed E-state index contributed by atoms with van der Waals surface area (Å²) in [6.45, 7) is 7.52. The highest BCUT2D eigenvalue weighted by atomic mass is 16.5. The predicted molar refractivity (Wildman–Crippen MR) is 106 cm³/mol. The summed E-state index contributed by atoms with van der Waals surface area (Å²) in [5.74, 6) is 1.58. The second-order valence-electron chi connectivity index (χ2n) is 7.50. The molecule has 5 heteroatoms. The number of benzene rings is 1. The van der Waals surface area contributed by atoms with Gasteiger partial charge in [0.1, 0.15) is 12.4 Å². The Bertz CT molecular complexity index is 748. The molecule has 5 nitrogen and oxygen atoms in total. The minimum absolute atomic E-state index is 0.177. The fourth-order valence-corrected chi connectivity index (χ4v) is 3.73. The van der Waals surface area contributed by atoms with Gasteiger partial charge in [-0.1, -0.05) is 31.2 Å². The third kappa shape index (κ3) is 4.99. The lowest BCUT2D eigenvalue weighted by atomic mass is 9.94. The molecule has 0 unspecified atom stereocenters. The Labute approximate surface area is 161 Å². The van der Waals surface area contributed by atoms with Crippen LogP contribution in [0.15, 0.2) is 40.8 Å². The predicted octanol–water partition coefficient (Wildman–Crippen LogP) is 3.94. The van der Waals surface area contributed by atoms with Gasteiger partial charge in [0.15, 0.2) is 5.76 Å². The van der Waals surface area contributed by atoms with Crippen LogP contribution >= 0.6 is 0 Å². The van der Waals surface area contributed by atoms with Gasteiger partial charge in [0.25, 0.3) is 5.91 Å². The molecule has 2 aromatic rings. The van der Waals surface area contributed by atoms with E-state index in [1.165, 1.54) is 24.0 Å². The average molecular weight is 370 g/mol. The van der Waals surface area contributed by atoms with Gasteiger partial charge in [-0.3, -0.25) is 9.69 Å². The second kappa shape index (κ2) is 9.20. The molecular formula is C22H30N2O3. The molecule has 3 rings (SSSR count). The smallest absolute Gasteiger partial charge is 0.287 e. The summed E-state index contributed by atoms with van der Waals surface area (Å²) in [4.78, 5) is 15.1. The normalized spacial score (nSPS) is 17.0. The van der Waals surface area contributed by atoms with E-state index in [1.807, 2.05) is 0 Å². The van der Waals surface area contributed by atoms with Gasteiger partial charge in [0, 0.05) is 13.7 Å². The lowest BCUT2D eigenvalue weighted by molar-refractivity contribution is 0.0878. The van der Waals surface area contributed by atoms with Crippen molar-refractivity contribution in [2.45, 2.75) is 39.3 Å². The number of aryl methyl sites for hydroxylation is 1. The van der Waals surface area contributed by atoms with Gasteiger partial charge >= 0.3 is 0 Å². The third-order valence-corrected chi connectivity index (χ3v) is 5.43. The van der Waals surface area contributed by atoms with E-state index in [9.17, 15) is 4.79 Å². The van der Waals surface area contributed by atoms with E-state index in [-0.39, 0.29) is 11.9 Å². The fourth-order valence-electron chi connectivity index (χ4n) is 3.73. The van der Waals surface area contributed by atoms with E-state index < -0.39 is 0 Å². The van der Waals surface area contributed by atoms with Crippen molar-refractivity contribution in [1.82, 2.24) is 10.2 Å². The minimum atomic E-state index is -0.179. The molecule has 146 valence electrons. The number of methoxy groups -OCH3 is 1. The first-order valence-electron chi connectivity index (χ1n) is 9.74. The Hall–Kier alpha value is -2.11. The van der Waals surface area contributed by atoms with E-state index in [4.69, 9.17) is 9.15 Å². The molecule has 2 heterocycles. The Morgan fingerprint density at radius 1 is 1.26 bits per heavy atom. The molecule has 0 radical (unpaired) electrons. The quantitative estimate of drug-likeness (QED) is 0.802. The number of likely N-dealkylation sites (tertiary alicyclic amines) is 1. The first kappa shape index (κ1) is 19.6. The van der Waals surface area contributed by atoms with Gasteiger partial charge in [-0.05, 0) is 62.0 Å². The first-order valence-corrected chi connectivity index (χ1v) is 9.74. The van der Waals surface area contributed by atoms with Crippen LogP contribution in [0.1, 0.15) is 53.2 Å². The molecule has 1 N–H and O–H groups in total. The van der Waals surface area contributed by atoms with E-state index in [2.05, 4.69) is 48.3 Å². The molecule has 1 aromatic carbocycles. The fraction of sp³-hybridized carbons (Fsp3) is 0.500. The molecule has 0 aliphatic carbocycles. The van der Waals surface area contributed by atoms with Gasteiger partial charge < -0.3 is 14.5 Å². The van der Waals surface area contributed by atoms with Crippen molar-refractivity contribution < 1.29 is 13.9 Å². The molecule has 1 aliphatic rings. The largest absolute Gasteiger partial charge is 0.453 e. The topological polar surface area (TPSA) is 54.7 Å². The third-order valence-electron chi connectivity index (χ3n) is 5.43. The van der Waals surface area contributed by atoms with Crippen LogP contribution < -0.4 is 5.32 Å². The number of nitrogens with one attached hydrogen (secondary N) is 1. The highest BCUT2D eigenvalue weighted by molar-refractivity contribution is 5.91. The lowest BCUT2D eigenvalue weighted by Crippen LogP contribution is -2.42. The molecule has 1 fully saturated rings. The van der Waals surface area contributed by atoms with Gasteiger partial charge in [-0.2, -0.15) is 0 Å². The zero-order valence-electron chi connectivity index (χ0n) is 16.5. The molecule has 27 heavy (non-hydrogen) atoms. The van der Waals surface area contributed by atoms with E-state index >= 15 is 0 Å². The van der Waals surface area contributed by atoms with Gasteiger partial charge in [-0.25, -0.2) is 0 Å². The number of amides is 1. The number of nitrogens with zero attached hydrogens (tertiary/aromatic N) is 1. The van der Waals surface area contributed by atoms with Crippen LogP contribution in [0, 0.1) is 12.8 Å². The Morgan fingerprint density at radius 2 is 2.00 bits per heavy atom. The van der Waals surface area contributed by atoms with E-state index in [0.29, 0.717) is 24.7 Å². The highest BCUT2D eigenvalue weighted by Crippen LogP contribution is 2.28. The van der Waals surface area contributed by atoms with Crippen molar-refractivity contribution in [3.63, 3.8) is 0 Å².